The van der Waals surface area contributed by atoms with Crippen LogP contribution in [0, 0.1) is 0 Å². The summed E-state index contributed by atoms with van der Waals surface area (Å²) < 4.78 is 6.97. The zero-order chi connectivity index (χ0) is 15.1. The summed E-state index contributed by atoms with van der Waals surface area (Å²) >= 11 is 6.32. The minimum Gasteiger partial charge on any atom is -0.497 e. The minimum absolute atomic E-state index is 0.468. The lowest BCUT2D eigenvalue weighted by Crippen LogP contribution is -1.96. The number of hydrogen-bond acceptors (Lipinski definition) is 3. The summed E-state index contributed by atoms with van der Waals surface area (Å²) in [7, 11) is 1.65. The first-order chi connectivity index (χ1) is 10.8. The third-order valence-corrected chi connectivity index (χ3v) is 3.98. The monoisotopic (exact) mass is 309 g/mol. The van der Waals surface area contributed by atoms with Crippen LogP contribution >= 0.6 is 11.6 Å². The highest BCUT2D eigenvalue weighted by atomic mass is 35.5. The number of hydrogen-bond donors (Lipinski definition) is 0. The van der Waals surface area contributed by atoms with Crippen molar-refractivity contribution in [3.63, 3.8) is 0 Å². The van der Waals surface area contributed by atoms with Crippen LogP contribution in [0.3, 0.4) is 0 Å². The van der Waals surface area contributed by atoms with Gasteiger partial charge in [-0.2, -0.15) is 5.10 Å². The number of rotatable bonds is 2. The van der Waals surface area contributed by atoms with Gasteiger partial charge in [0.1, 0.15) is 5.75 Å². The molecule has 0 aliphatic carbocycles. The number of methoxy groups -OCH3 is 1. The van der Waals surface area contributed by atoms with Crippen molar-refractivity contribution < 1.29 is 4.74 Å². The number of benzene rings is 2. The lowest BCUT2D eigenvalue weighted by Gasteiger charge is -2.06. The lowest BCUT2D eigenvalue weighted by atomic mass is 10.2. The van der Waals surface area contributed by atoms with E-state index in [9.17, 15) is 0 Å². The van der Waals surface area contributed by atoms with Crippen molar-refractivity contribution in [1.29, 1.82) is 0 Å². The van der Waals surface area contributed by atoms with E-state index in [1.54, 1.807) is 11.6 Å². The quantitative estimate of drug-likeness (QED) is 0.557. The summed E-state index contributed by atoms with van der Waals surface area (Å²) in [6, 6.07) is 15.6. The lowest BCUT2D eigenvalue weighted by molar-refractivity contribution is 0.415. The van der Waals surface area contributed by atoms with E-state index >= 15 is 0 Å². The first-order valence-electron chi connectivity index (χ1n) is 6.84. The highest BCUT2D eigenvalue weighted by Gasteiger charge is 2.12. The van der Waals surface area contributed by atoms with Crippen LogP contribution in [0.4, 0.5) is 0 Å². The van der Waals surface area contributed by atoms with Crippen LogP contribution in [0.5, 0.6) is 5.75 Å². The Hall–Kier alpha value is -2.59. The van der Waals surface area contributed by atoms with E-state index in [4.69, 9.17) is 16.3 Å². The number of nitrogens with zero attached hydrogens (tertiary/aromatic N) is 3. The first kappa shape index (κ1) is 13.1. The fraction of sp³-hybridized carbons (Fsp3) is 0.0588. The van der Waals surface area contributed by atoms with Gasteiger partial charge in [0.05, 0.1) is 18.8 Å². The molecule has 0 bridgehead atoms. The van der Waals surface area contributed by atoms with E-state index in [-0.39, 0.29) is 0 Å². The molecule has 5 heteroatoms. The molecular weight excluding hydrogens is 298 g/mol. The van der Waals surface area contributed by atoms with Gasteiger partial charge >= 0.3 is 0 Å². The third kappa shape index (κ3) is 1.92. The molecule has 22 heavy (non-hydrogen) atoms. The van der Waals surface area contributed by atoms with Gasteiger partial charge in [-0.25, -0.2) is 9.50 Å². The van der Waals surface area contributed by atoms with Gasteiger partial charge in [-0.05, 0) is 24.3 Å². The highest BCUT2D eigenvalue weighted by molar-refractivity contribution is 6.34. The summed E-state index contributed by atoms with van der Waals surface area (Å²) in [5, 5.41) is 6.90. The van der Waals surface area contributed by atoms with Crippen LogP contribution in [0.15, 0.2) is 54.7 Å². The number of halogens is 1. The molecule has 0 atom stereocenters. The van der Waals surface area contributed by atoms with Gasteiger partial charge in [0.25, 0.3) is 0 Å². The van der Waals surface area contributed by atoms with Gasteiger partial charge in [0, 0.05) is 16.3 Å². The van der Waals surface area contributed by atoms with Crippen molar-refractivity contribution in [3.8, 4) is 17.1 Å². The van der Waals surface area contributed by atoms with Gasteiger partial charge in [-0.1, -0.05) is 35.9 Å². The molecule has 0 radical (unpaired) electrons. The molecule has 4 aromatic rings. The maximum Gasteiger partial charge on any atom is 0.161 e. The average Bonchev–Trinajstić information content (AvgIpc) is 2.99. The number of fused-ring (bicyclic) bond motifs is 3. The second kappa shape index (κ2) is 5.00. The zero-order valence-electron chi connectivity index (χ0n) is 11.8. The van der Waals surface area contributed by atoms with Crippen molar-refractivity contribution in [1.82, 2.24) is 14.6 Å². The van der Waals surface area contributed by atoms with Gasteiger partial charge < -0.3 is 4.74 Å². The molecule has 2 heterocycles. The SMILES string of the molecule is COc1ccc(-c2ncc3c4ccccc4c(Cl)nn23)cc1. The van der Waals surface area contributed by atoms with Gasteiger partial charge in [0.15, 0.2) is 11.0 Å². The summed E-state index contributed by atoms with van der Waals surface area (Å²) in [4.78, 5) is 4.51. The molecule has 108 valence electrons. The maximum absolute atomic E-state index is 6.32. The second-order valence-corrected chi connectivity index (χ2v) is 5.30. The molecule has 0 amide bonds. The Labute approximate surface area is 131 Å². The van der Waals surface area contributed by atoms with E-state index in [0.717, 1.165) is 33.4 Å². The summed E-state index contributed by atoms with van der Waals surface area (Å²) in [5.41, 5.74) is 1.89. The molecular formula is C17H12ClN3O. The Bertz CT molecular complexity index is 976. The molecule has 2 aromatic heterocycles. The predicted octanol–water partition coefficient (Wildman–Crippen LogP) is 4.21. The predicted molar refractivity (Wildman–Crippen MR) is 87.5 cm³/mol. The maximum atomic E-state index is 6.32. The third-order valence-electron chi connectivity index (χ3n) is 3.70. The number of imidazole rings is 1. The van der Waals surface area contributed by atoms with E-state index in [1.807, 2.05) is 54.7 Å². The Morgan fingerprint density at radius 1 is 1.00 bits per heavy atom. The molecule has 2 aromatic carbocycles. The van der Waals surface area contributed by atoms with Crippen LogP contribution in [0.25, 0.3) is 27.7 Å². The molecule has 0 saturated carbocycles. The Morgan fingerprint density at radius 2 is 1.73 bits per heavy atom. The van der Waals surface area contributed by atoms with Crippen LogP contribution in [0.2, 0.25) is 5.15 Å². The molecule has 0 N–H and O–H groups in total. The van der Waals surface area contributed by atoms with Crippen molar-refractivity contribution in [2.75, 3.05) is 7.11 Å². The first-order valence-corrected chi connectivity index (χ1v) is 7.22. The summed E-state index contributed by atoms with van der Waals surface area (Å²) in [6.45, 7) is 0. The average molecular weight is 310 g/mol. The molecule has 0 unspecified atom stereocenters. The minimum atomic E-state index is 0.468. The Morgan fingerprint density at radius 3 is 2.45 bits per heavy atom. The van der Waals surface area contributed by atoms with Crippen LogP contribution < -0.4 is 4.74 Å². The van der Waals surface area contributed by atoms with Crippen molar-refractivity contribution >= 4 is 27.9 Å². The van der Waals surface area contributed by atoms with E-state index < -0.39 is 0 Å². The van der Waals surface area contributed by atoms with Gasteiger partial charge in [-0.15, -0.1) is 0 Å². The molecule has 4 nitrogen and oxygen atoms in total. The van der Waals surface area contributed by atoms with Crippen LogP contribution in [-0.2, 0) is 0 Å². The number of ether oxygens (including phenoxy) is 1. The molecule has 0 spiro atoms. The van der Waals surface area contributed by atoms with Crippen molar-refractivity contribution in [2.24, 2.45) is 0 Å². The zero-order valence-corrected chi connectivity index (χ0v) is 12.6. The Kier molecular flexibility index (Phi) is 2.98. The van der Waals surface area contributed by atoms with Gasteiger partial charge in [-0.3, -0.25) is 0 Å². The van der Waals surface area contributed by atoms with Crippen LogP contribution in [-0.4, -0.2) is 21.7 Å². The van der Waals surface area contributed by atoms with Crippen molar-refractivity contribution in [3.05, 3.63) is 59.9 Å². The highest BCUT2D eigenvalue weighted by Crippen LogP contribution is 2.29. The summed E-state index contributed by atoms with van der Waals surface area (Å²) in [6.07, 6.45) is 1.82. The fourth-order valence-corrected chi connectivity index (χ4v) is 2.84. The van der Waals surface area contributed by atoms with E-state index in [0.29, 0.717) is 5.15 Å². The Balaban J connectivity index is 1.99. The summed E-state index contributed by atoms with van der Waals surface area (Å²) in [5.74, 6) is 1.56. The fourth-order valence-electron chi connectivity index (χ4n) is 2.60. The normalized spacial score (nSPS) is 11.2. The molecule has 0 aliphatic rings. The standard InChI is InChI=1S/C17H12ClN3O/c1-22-12-8-6-11(7-9-12)17-19-10-15-13-4-2-3-5-14(13)16(18)20-21(15)17/h2-10H,1H3. The smallest absolute Gasteiger partial charge is 0.161 e. The molecule has 0 aliphatic heterocycles. The topological polar surface area (TPSA) is 39.4 Å². The molecule has 0 saturated heterocycles. The number of aromatic nitrogens is 3. The van der Waals surface area contributed by atoms with E-state index in [2.05, 4.69) is 10.1 Å². The molecule has 0 fully saturated rings. The van der Waals surface area contributed by atoms with Gasteiger partial charge in [0.2, 0.25) is 0 Å². The van der Waals surface area contributed by atoms with E-state index in [1.165, 1.54) is 0 Å². The molecule has 4 rings (SSSR count). The van der Waals surface area contributed by atoms with Crippen molar-refractivity contribution in [2.45, 2.75) is 0 Å². The largest absolute Gasteiger partial charge is 0.497 e. The second-order valence-electron chi connectivity index (χ2n) is 4.94. The van der Waals surface area contributed by atoms with Crippen LogP contribution in [0.1, 0.15) is 0 Å².